The van der Waals surface area contributed by atoms with Gasteiger partial charge in [-0.2, -0.15) is 0 Å². The molecule has 1 aromatic heterocycles. The van der Waals surface area contributed by atoms with Gasteiger partial charge in [0.05, 0.1) is 39.3 Å². The number of hydrogen-bond acceptors (Lipinski definition) is 5. The molecule has 0 spiro atoms. The molecule has 3 heterocycles. The minimum Gasteiger partial charge on any atom is -0.477 e. The number of pyridine rings is 1. The summed E-state index contributed by atoms with van der Waals surface area (Å²) in [6, 6.07) is 1.13. The van der Waals surface area contributed by atoms with E-state index >= 15 is 4.39 Å². The monoisotopic (exact) mass is 550 g/mol. The van der Waals surface area contributed by atoms with Crippen LogP contribution < -0.4 is 10.3 Å². The fourth-order valence-electron chi connectivity index (χ4n) is 4.50. The van der Waals surface area contributed by atoms with Crippen molar-refractivity contribution < 1.29 is 28.3 Å². The number of aromatic carboxylic acids is 1. The Labute approximate surface area is 184 Å². The summed E-state index contributed by atoms with van der Waals surface area (Å²) < 4.78 is 33.7. The third-order valence-corrected chi connectivity index (χ3v) is 7.13. The molecular weight excluding hydrogens is 529 g/mol. The second-order valence-corrected chi connectivity index (χ2v) is 12.6. The van der Waals surface area contributed by atoms with Crippen LogP contribution in [-0.4, -0.2) is 39.7 Å². The minimum absolute atomic E-state index is 0.0153. The van der Waals surface area contributed by atoms with Crippen molar-refractivity contribution in [2.45, 2.75) is 44.8 Å². The maximum atomic E-state index is 15.2. The Kier molecular flexibility index (Phi) is 5.71. The van der Waals surface area contributed by atoms with Gasteiger partial charge >= 0.3 is 11.2 Å². The van der Waals surface area contributed by atoms with Crippen LogP contribution >= 0.6 is 27.3 Å². The van der Waals surface area contributed by atoms with Crippen LogP contribution in [0.2, 0.25) is 0 Å². The standard InChI is InChI=1S/C19H21FIN2O6P/c1-10-2-3-12-16-13(18(24)14(19(25)26)9-23(10)16)8-15(20)17(12)22-6-4-11(5-7-22)29-30(21,27)28/h8-11H,2-7H2,1H3,(H,25,26)(H,27,28)/t10-/m0/s1. The predicted octanol–water partition coefficient (Wildman–Crippen LogP) is 3.87. The molecule has 1 aromatic carbocycles. The van der Waals surface area contributed by atoms with E-state index in [-0.39, 0.29) is 23.1 Å². The van der Waals surface area contributed by atoms with E-state index in [1.807, 2.05) is 11.8 Å². The molecule has 2 aromatic rings. The zero-order valence-corrected chi connectivity index (χ0v) is 19.2. The molecule has 1 unspecified atom stereocenters. The Balaban J connectivity index is 1.79. The first kappa shape index (κ1) is 21.7. The van der Waals surface area contributed by atoms with Crippen molar-refractivity contribution in [1.82, 2.24) is 4.57 Å². The summed E-state index contributed by atoms with van der Waals surface area (Å²) in [5, 5.41) is 5.86. The summed E-state index contributed by atoms with van der Waals surface area (Å²) in [4.78, 5) is 35.5. The lowest BCUT2D eigenvalue weighted by molar-refractivity contribution is 0.0694. The number of aryl methyl sites for hydroxylation is 1. The maximum Gasteiger partial charge on any atom is 0.386 e. The Bertz CT molecular complexity index is 1140. The van der Waals surface area contributed by atoms with Crippen molar-refractivity contribution in [3.05, 3.63) is 39.4 Å². The molecule has 0 radical (unpaired) electrons. The molecule has 30 heavy (non-hydrogen) atoms. The first-order chi connectivity index (χ1) is 14.1. The average molecular weight is 550 g/mol. The number of carbonyl (C=O) groups is 1. The molecule has 162 valence electrons. The Morgan fingerprint density at radius 3 is 2.60 bits per heavy atom. The molecule has 11 heteroatoms. The van der Waals surface area contributed by atoms with Crippen molar-refractivity contribution in [3.63, 3.8) is 0 Å². The van der Waals surface area contributed by atoms with Gasteiger partial charge in [-0.1, -0.05) is 0 Å². The van der Waals surface area contributed by atoms with Crippen LogP contribution in [0.15, 0.2) is 17.1 Å². The fourth-order valence-corrected chi connectivity index (χ4v) is 6.04. The zero-order valence-electron chi connectivity index (χ0n) is 16.2. The van der Waals surface area contributed by atoms with Crippen LogP contribution in [0.1, 0.15) is 48.1 Å². The van der Waals surface area contributed by atoms with E-state index in [2.05, 4.69) is 0 Å². The fraction of sp³-hybridized carbons (Fsp3) is 0.474. The average Bonchev–Trinajstić information content (AvgIpc) is 2.65. The van der Waals surface area contributed by atoms with Crippen LogP contribution in [0.5, 0.6) is 0 Å². The highest BCUT2D eigenvalue weighted by atomic mass is 127. The van der Waals surface area contributed by atoms with E-state index in [1.54, 1.807) is 4.57 Å². The van der Waals surface area contributed by atoms with Gasteiger partial charge in [0.15, 0.2) is 0 Å². The quantitative estimate of drug-likeness (QED) is 0.440. The number of rotatable bonds is 4. The number of nitrogens with zero attached hydrogens (tertiary/aromatic N) is 2. The molecule has 2 aliphatic heterocycles. The van der Waals surface area contributed by atoms with Crippen LogP contribution in [0.3, 0.4) is 0 Å². The van der Waals surface area contributed by atoms with Gasteiger partial charge in [-0.05, 0) is 38.7 Å². The molecule has 0 aliphatic carbocycles. The highest BCUT2D eigenvalue weighted by molar-refractivity contribution is 14.2. The molecule has 8 nitrogen and oxygen atoms in total. The Morgan fingerprint density at radius 1 is 1.33 bits per heavy atom. The van der Waals surface area contributed by atoms with E-state index < -0.39 is 22.5 Å². The van der Waals surface area contributed by atoms with Gasteiger partial charge in [-0.25, -0.2) is 13.8 Å². The molecular formula is C19H21FIN2O6P. The molecule has 2 atom stereocenters. The van der Waals surface area contributed by atoms with Gasteiger partial charge in [0, 0.05) is 36.3 Å². The van der Waals surface area contributed by atoms with Crippen molar-refractivity contribution in [2.24, 2.45) is 0 Å². The van der Waals surface area contributed by atoms with E-state index in [0.717, 1.165) is 6.07 Å². The number of benzene rings is 1. The largest absolute Gasteiger partial charge is 0.477 e. The van der Waals surface area contributed by atoms with E-state index in [0.29, 0.717) is 55.5 Å². The molecule has 1 saturated heterocycles. The third kappa shape index (κ3) is 3.90. The van der Waals surface area contributed by atoms with Crippen LogP contribution in [0.4, 0.5) is 10.1 Å². The van der Waals surface area contributed by atoms with Crippen molar-refractivity contribution >= 4 is 49.8 Å². The summed E-state index contributed by atoms with van der Waals surface area (Å²) in [5.41, 5.74) is 0.677. The SMILES string of the molecule is C[C@H]1CCc2c(N3CCC(OP(=O)(O)I)CC3)c(F)cc3c(=O)c(C(=O)O)cn1c23. The van der Waals surface area contributed by atoms with Gasteiger partial charge in [-0.15, -0.1) is 0 Å². The van der Waals surface area contributed by atoms with Crippen LogP contribution in [-0.2, 0) is 15.5 Å². The zero-order chi connectivity index (χ0) is 21.8. The number of carboxylic acid groups (broad SMARTS) is 1. The van der Waals surface area contributed by atoms with Crippen molar-refractivity contribution in [2.75, 3.05) is 18.0 Å². The lowest BCUT2D eigenvalue weighted by Gasteiger charge is -2.37. The lowest BCUT2D eigenvalue weighted by atomic mass is 9.93. The molecule has 2 aliphatic rings. The molecule has 0 amide bonds. The first-order valence-electron chi connectivity index (χ1n) is 9.66. The highest BCUT2D eigenvalue weighted by Crippen LogP contribution is 2.53. The number of aromatic nitrogens is 1. The Morgan fingerprint density at radius 2 is 2.00 bits per heavy atom. The topological polar surface area (TPSA) is 109 Å². The number of carboxylic acids is 1. The highest BCUT2D eigenvalue weighted by Gasteiger charge is 2.31. The number of piperidine rings is 1. The minimum atomic E-state index is -3.61. The summed E-state index contributed by atoms with van der Waals surface area (Å²) in [6.07, 6.45) is 3.22. The van der Waals surface area contributed by atoms with Gasteiger partial charge < -0.3 is 19.5 Å². The lowest BCUT2D eigenvalue weighted by Crippen LogP contribution is -2.38. The summed E-state index contributed by atoms with van der Waals surface area (Å²) in [7, 11) is 0. The normalized spacial score (nSPS) is 21.6. The van der Waals surface area contributed by atoms with Crippen LogP contribution in [0, 0.1) is 5.82 Å². The van der Waals surface area contributed by atoms with E-state index in [9.17, 15) is 24.2 Å². The Hall–Kier alpha value is -1.49. The predicted molar refractivity (Wildman–Crippen MR) is 118 cm³/mol. The number of halogens is 2. The first-order valence-corrected chi connectivity index (χ1v) is 14.0. The second kappa shape index (κ2) is 7.89. The molecule has 1 fully saturated rings. The summed E-state index contributed by atoms with van der Waals surface area (Å²) >= 11 is 1.39. The van der Waals surface area contributed by atoms with E-state index in [1.165, 1.54) is 28.2 Å². The summed E-state index contributed by atoms with van der Waals surface area (Å²) in [5.74, 6) is -1.88. The smallest absolute Gasteiger partial charge is 0.386 e. The maximum absolute atomic E-state index is 15.2. The molecule has 0 saturated carbocycles. The number of anilines is 1. The van der Waals surface area contributed by atoms with Gasteiger partial charge in [-0.3, -0.25) is 9.32 Å². The summed E-state index contributed by atoms with van der Waals surface area (Å²) in [6.45, 7) is 2.84. The van der Waals surface area contributed by atoms with E-state index in [4.69, 9.17) is 4.52 Å². The third-order valence-electron chi connectivity index (χ3n) is 5.89. The second-order valence-electron chi connectivity index (χ2n) is 7.80. The number of hydrogen-bond donors (Lipinski definition) is 2. The van der Waals surface area contributed by atoms with Crippen molar-refractivity contribution in [3.8, 4) is 0 Å². The van der Waals surface area contributed by atoms with Crippen molar-refractivity contribution in [1.29, 1.82) is 0 Å². The van der Waals surface area contributed by atoms with Gasteiger partial charge in [0.25, 0.3) is 0 Å². The van der Waals surface area contributed by atoms with Gasteiger partial charge in [0.2, 0.25) is 5.43 Å². The van der Waals surface area contributed by atoms with Gasteiger partial charge in [0.1, 0.15) is 11.4 Å². The molecule has 2 N–H and O–H groups in total. The molecule has 4 rings (SSSR count). The molecule has 0 bridgehead atoms. The van der Waals surface area contributed by atoms with Crippen LogP contribution in [0.25, 0.3) is 10.9 Å².